The number of carboxylic acids is 1. The van der Waals surface area contributed by atoms with Gasteiger partial charge in [0.05, 0.1) is 6.42 Å². The quantitative estimate of drug-likeness (QED) is 0.790. The number of hydrogen-bond donors (Lipinski definition) is 1. The van der Waals surface area contributed by atoms with Crippen molar-refractivity contribution in [3.8, 4) is 0 Å². The van der Waals surface area contributed by atoms with Crippen LogP contribution in [0.1, 0.15) is 58.8 Å². The number of carbonyl (C=O) groups excluding carboxylic acids is 2. The zero-order valence-electron chi connectivity index (χ0n) is 11.2. The van der Waals surface area contributed by atoms with E-state index in [0.717, 1.165) is 12.8 Å². The van der Waals surface area contributed by atoms with Gasteiger partial charge in [0.2, 0.25) is 0 Å². The van der Waals surface area contributed by atoms with Crippen LogP contribution in [0.5, 0.6) is 0 Å². The van der Waals surface area contributed by atoms with E-state index in [1.54, 1.807) is 6.92 Å². The molecule has 1 aliphatic rings. The molecule has 1 fully saturated rings. The molecule has 4 heteroatoms. The standard InChI is InChI=1S/C14H22O4/c1-3-11(15)9-14(4-2)7-5-6-10(13(14)18)8-12(16)17/h10H,3-9H2,1-2H3,(H,16,17). The number of carbonyl (C=O) groups is 3. The summed E-state index contributed by atoms with van der Waals surface area (Å²) in [5.41, 5.74) is -0.592. The molecule has 1 rings (SSSR count). The van der Waals surface area contributed by atoms with Crippen LogP contribution in [0.2, 0.25) is 0 Å². The van der Waals surface area contributed by atoms with Crippen molar-refractivity contribution in [2.45, 2.75) is 58.8 Å². The lowest BCUT2D eigenvalue weighted by atomic mass is 9.64. The number of rotatable bonds is 6. The highest BCUT2D eigenvalue weighted by molar-refractivity contribution is 5.94. The van der Waals surface area contributed by atoms with E-state index in [0.29, 0.717) is 19.3 Å². The van der Waals surface area contributed by atoms with E-state index in [9.17, 15) is 14.4 Å². The normalized spacial score (nSPS) is 28.1. The fourth-order valence-corrected chi connectivity index (χ4v) is 2.93. The number of ketones is 2. The van der Waals surface area contributed by atoms with Crippen molar-refractivity contribution >= 4 is 17.5 Å². The summed E-state index contributed by atoms with van der Waals surface area (Å²) < 4.78 is 0. The molecule has 0 aromatic heterocycles. The van der Waals surface area contributed by atoms with E-state index in [1.165, 1.54) is 0 Å². The number of Topliss-reactive ketones (excluding diaryl/α,β-unsaturated/α-hetero) is 2. The summed E-state index contributed by atoms with van der Waals surface area (Å²) in [5, 5.41) is 8.84. The SMILES string of the molecule is CCC(=O)CC1(CC)CCCC(CC(=O)O)C1=O. The highest BCUT2D eigenvalue weighted by atomic mass is 16.4. The van der Waals surface area contributed by atoms with Crippen molar-refractivity contribution in [1.82, 2.24) is 0 Å². The van der Waals surface area contributed by atoms with E-state index in [4.69, 9.17) is 5.11 Å². The highest BCUT2D eigenvalue weighted by Crippen LogP contribution is 2.43. The topological polar surface area (TPSA) is 71.4 Å². The van der Waals surface area contributed by atoms with E-state index < -0.39 is 17.3 Å². The Morgan fingerprint density at radius 2 is 2.06 bits per heavy atom. The number of aliphatic carboxylic acids is 1. The molecule has 2 atom stereocenters. The van der Waals surface area contributed by atoms with E-state index in [2.05, 4.69) is 0 Å². The van der Waals surface area contributed by atoms with Gasteiger partial charge in [0.15, 0.2) is 0 Å². The Morgan fingerprint density at radius 3 is 2.56 bits per heavy atom. The lowest BCUT2D eigenvalue weighted by Gasteiger charge is -2.38. The molecule has 102 valence electrons. The van der Waals surface area contributed by atoms with Gasteiger partial charge in [-0.2, -0.15) is 0 Å². The first-order chi connectivity index (χ1) is 8.45. The smallest absolute Gasteiger partial charge is 0.304 e. The summed E-state index contributed by atoms with van der Waals surface area (Å²) in [4.78, 5) is 34.9. The summed E-state index contributed by atoms with van der Waals surface area (Å²) in [6.45, 7) is 3.72. The number of carboxylic acid groups (broad SMARTS) is 1. The molecule has 1 N–H and O–H groups in total. The Morgan fingerprint density at radius 1 is 1.39 bits per heavy atom. The van der Waals surface area contributed by atoms with Gasteiger partial charge in [0.1, 0.15) is 11.6 Å². The molecule has 0 aromatic rings. The summed E-state index contributed by atoms with van der Waals surface area (Å²) >= 11 is 0. The molecule has 0 heterocycles. The fraction of sp³-hybridized carbons (Fsp3) is 0.786. The lowest BCUT2D eigenvalue weighted by Crippen LogP contribution is -2.41. The maximum absolute atomic E-state index is 12.4. The zero-order valence-corrected chi connectivity index (χ0v) is 11.2. The van der Waals surface area contributed by atoms with Crippen molar-refractivity contribution in [2.75, 3.05) is 0 Å². The lowest BCUT2D eigenvalue weighted by molar-refractivity contribution is -0.147. The van der Waals surface area contributed by atoms with Crippen LogP contribution in [0.4, 0.5) is 0 Å². The molecule has 0 amide bonds. The molecule has 0 aliphatic heterocycles. The first-order valence-electron chi connectivity index (χ1n) is 6.73. The van der Waals surface area contributed by atoms with Gasteiger partial charge in [0, 0.05) is 24.2 Å². The summed E-state index contributed by atoms with van der Waals surface area (Å²) in [5.74, 6) is -1.23. The van der Waals surface area contributed by atoms with Crippen molar-refractivity contribution in [2.24, 2.45) is 11.3 Å². The van der Waals surface area contributed by atoms with Gasteiger partial charge in [-0.3, -0.25) is 14.4 Å². The first-order valence-corrected chi connectivity index (χ1v) is 6.73. The molecule has 0 radical (unpaired) electrons. The Balaban J connectivity index is 2.86. The predicted octanol–water partition coefficient (Wildman–Crippen LogP) is 2.60. The van der Waals surface area contributed by atoms with Gasteiger partial charge in [-0.05, 0) is 19.3 Å². The Hall–Kier alpha value is -1.19. The second kappa shape index (κ2) is 6.12. The number of hydrogen-bond acceptors (Lipinski definition) is 3. The molecule has 1 aliphatic carbocycles. The van der Waals surface area contributed by atoms with Crippen molar-refractivity contribution < 1.29 is 19.5 Å². The van der Waals surface area contributed by atoms with Crippen LogP contribution in [-0.2, 0) is 14.4 Å². The molecule has 0 bridgehead atoms. The molecule has 4 nitrogen and oxygen atoms in total. The third-order valence-corrected chi connectivity index (χ3v) is 4.13. The average molecular weight is 254 g/mol. The second-order valence-corrected chi connectivity index (χ2v) is 5.25. The van der Waals surface area contributed by atoms with Crippen molar-refractivity contribution in [1.29, 1.82) is 0 Å². The van der Waals surface area contributed by atoms with E-state index >= 15 is 0 Å². The van der Waals surface area contributed by atoms with Gasteiger partial charge >= 0.3 is 5.97 Å². The van der Waals surface area contributed by atoms with Gasteiger partial charge in [-0.1, -0.05) is 20.3 Å². The van der Waals surface area contributed by atoms with Crippen LogP contribution in [-0.4, -0.2) is 22.6 Å². The van der Waals surface area contributed by atoms with E-state index in [1.807, 2.05) is 6.92 Å². The van der Waals surface area contributed by atoms with Crippen molar-refractivity contribution in [3.05, 3.63) is 0 Å². The van der Waals surface area contributed by atoms with Crippen LogP contribution in [0.15, 0.2) is 0 Å². The van der Waals surface area contributed by atoms with Gasteiger partial charge < -0.3 is 5.11 Å². The first kappa shape index (κ1) is 14.9. The second-order valence-electron chi connectivity index (χ2n) is 5.25. The van der Waals surface area contributed by atoms with Crippen LogP contribution < -0.4 is 0 Å². The minimum absolute atomic E-state index is 0.000417. The average Bonchev–Trinajstić information content (AvgIpc) is 2.33. The Kier molecular flexibility index (Phi) is 5.05. The Bertz CT molecular complexity index is 348. The molecule has 0 aromatic carbocycles. The van der Waals surface area contributed by atoms with Crippen LogP contribution in [0, 0.1) is 11.3 Å². The van der Waals surface area contributed by atoms with Gasteiger partial charge in [-0.25, -0.2) is 0 Å². The molecule has 18 heavy (non-hydrogen) atoms. The molecule has 1 saturated carbocycles. The van der Waals surface area contributed by atoms with Gasteiger partial charge in [0.25, 0.3) is 0 Å². The minimum atomic E-state index is -0.929. The molecular weight excluding hydrogens is 232 g/mol. The summed E-state index contributed by atoms with van der Waals surface area (Å²) in [6, 6.07) is 0. The van der Waals surface area contributed by atoms with Crippen LogP contribution >= 0.6 is 0 Å². The highest BCUT2D eigenvalue weighted by Gasteiger charge is 2.44. The largest absolute Gasteiger partial charge is 0.481 e. The van der Waals surface area contributed by atoms with Crippen LogP contribution in [0.25, 0.3) is 0 Å². The molecule has 0 saturated heterocycles. The monoisotopic (exact) mass is 254 g/mol. The third kappa shape index (κ3) is 3.18. The van der Waals surface area contributed by atoms with Crippen LogP contribution in [0.3, 0.4) is 0 Å². The maximum atomic E-state index is 12.4. The summed E-state index contributed by atoms with van der Waals surface area (Å²) in [7, 11) is 0. The predicted molar refractivity (Wildman–Crippen MR) is 67.2 cm³/mol. The maximum Gasteiger partial charge on any atom is 0.304 e. The third-order valence-electron chi connectivity index (χ3n) is 4.13. The minimum Gasteiger partial charge on any atom is -0.481 e. The van der Waals surface area contributed by atoms with E-state index in [-0.39, 0.29) is 24.4 Å². The molecule has 0 spiro atoms. The van der Waals surface area contributed by atoms with Gasteiger partial charge in [-0.15, -0.1) is 0 Å². The fourth-order valence-electron chi connectivity index (χ4n) is 2.93. The zero-order chi connectivity index (χ0) is 13.8. The molecule has 2 unspecified atom stereocenters. The summed E-state index contributed by atoms with van der Waals surface area (Å²) in [6.07, 6.45) is 3.48. The molecular formula is C14H22O4. The van der Waals surface area contributed by atoms with Crippen molar-refractivity contribution in [3.63, 3.8) is 0 Å². The Labute approximate surface area is 108 Å².